The molecule has 0 saturated heterocycles. The molecule has 2 aromatic rings. The minimum atomic E-state index is -0.404. The predicted molar refractivity (Wildman–Crippen MR) is 97.5 cm³/mol. The fourth-order valence-corrected chi connectivity index (χ4v) is 2.96. The van der Waals surface area contributed by atoms with E-state index in [0.717, 1.165) is 4.90 Å². The third kappa shape index (κ3) is 4.08. The molecule has 1 amide bonds. The average molecular weight is 380 g/mol. The van der Waals surface area contributed by atoms with Gasteiger partial charge in [-0.05, 0) is 31.2 Å². The van der Waals surface area contributed by atoms with Gasteiger partial charge in [-0.1, -0.05) is 17.7 Å². The van der Waals surface area contributed by atoms with Crippen LogP contribution in [0.2, 0.25) is 5.02 Å². The van der Waals surface area contributed by atoms with Gasteiger partial charge in [0.1, 0.15) is 25.6 Å². The SMILES string of the molecule is C[C@H](C(=O)Nc1ccc2c(c1)OCCO2)[NH+](C)Cc1c(F)cccc1Cl. The van der Waals surface area contributed by atoms with Gasteiger partial charge in [0.05, 0.1) is 17.6 Å². The van der Waals surface area contributed by atoms with Gasteiger partial charge < -0.3 is 19.7 Å². The van der Waals surface area contributed by atoms with E-state index in [2.05, 4.69) is 5.32 Å². The van der Waals surface area contributed by atoms with Crippen molar-refractivity contribution in [1.29, 1.82) is 0 Å². The Hall–Kier alpha value is -2.31. The molecule has 2 N–H and O–H groups in total. The van der Waals surface area contributed by atoms with Crippen molar-refractivity contribution in [2.75, 3.05) is 25.6 Å². The van der Waals surface area contributed by atoms with Crippen molar-refractivity contribution in [3.05, 3.63) is 52.8 Å². The zero-order valence-electron chi connectivity index (χ0n) is 14.6. The summed E-state index contributed by atoms with van der Waals surface area (Å²) in [5.41, 5.74) is 1.04. The second kappa shape index (κ2) is 7.93. The second-order valence-corrected chi connectivity index (χ2v) is 6.70. The monoisotopic (exact) mass is 379 g/mol. The average Bonchev–Trinajstić information content (AvgIpc) is 2.64. The molecule has 0 radical (unpaired) electrons. The van der Waals surface area contributed by atoms with Gasteiger partial charge in [0.2, 0.25) is 0 Å². The highest BCUT2D eigenvalue weighted by Gasteiger charge is 2.24. The largest absolute Gasteiger partial charge is 0.486 e. The van der Waals surface area contributed by atoms with Gasteiger partial charge >= 0.3 is 0 Å². The number of quaternary nitrogens is 1. The summed E-state index contributed by atoms with van der Waals surface area (Å²) < 4.78 is 24.9. The summed E-state index contributed by atoms with van der Waals surface area (Å²) in [6, 6.07) is 9.45. The maximum absolute atomic E-state index is 14.0. The summed E-state index contributed by atoms with van der Waals surface area (Å²) in [5, 5.41) is 3.23. The van der Waals surface area contributed by atoms with Gasteiger partial charge in [0.25, 0.3) is 5.91 Å². The highest BCUT2D eigenvalue weighted by molar-refractivity contribution is 6.31. The molecule has 0 aromatic heterocycles. The first-order chi connectivity index (χ1) is 12.5. The number of ether oxygens (including phenoxy) is 2. The summed E-state index contributed by atoms with van der Waals surface area (Å²) in [6.07, 6.45) is 0. The van der Waals surface area contributed by atoms with Crippen molar-refractivity contribution in [3.8, 4) is 11.5 Å². The van der Waals surface area contributed by atoms with Crippen LogP contribution in [-0.4, -0.2) is 32.2 Å². The maximum Gasteiger partial charge on any atom is 0.282 e. The van der Waals surface area contributed by atoms with Crippen LogP contribution in [-0.2, 0) is 11.3 Å². The molecule has 0 fully saturated rings. The van der Waals surface area contributed by atoms with Crippen LogP contribution in [0.5, 0.6) is 11.5 Å². The van der Waals surface area contributed by atoms with Gasteiger partial charge in [-0.15, -0.1) is 0 Å². The van der Waals surface area contributed by atoms with Crippen molar-refractivity contribution < 1.29 is 23.6 Å². The zero-order chi connectivity index (χ0) is 18.7. The van der Waals surface area contributed by atoms with Crippen molar-refractivity contribution in [2.45, 2.75) is 19.5 Å². The van der Waals surface area contributed by atoms with E-state index < -0.39 is 6.04 Å². The Morgan fingerprint density at radius 2 is 2.00 bits per heavy atom. The number of carbonyl (C=O) groups is 1. The predicted octanol–water partition coefficient (Wildman–Crippen LogP) is 2.29. The number of fused-ring (bicyclic) bond motifs is 1. The van der Waals surface area contributed by atoms with Crippen LogP contribution in [0.3, 0.4) is 0 Å². The Balaban J connectivity index is 1.65. The van der Waals surface area contributed by atoms with Gasteiger partial charge in [-0.2, -0.15) is 0 Å². The number of halogens is 2. The molecular formula is C19H21ClFN2O3+. The Morgan fingerprint density at radius 3 is 2.73 bits per heavy atom. The summed E-state index contributed by atoms with van der Waals surface area (Å²) in [4.78, 5) is 13.4. The highest BCUT2D eigenvalue weighted by Crippen LogP contribution is 2.32. The quantitative estimate of drug-likeness (QED) is 0.838. The van der Waals surface area contributed by atoms with Gasteiger partial charge in [0.15, 0.2) is 17.5 Å². The molecule has 1 aliphatic rings. The summed E-state index contributed by atoms with van der Waals surface area (Å²) in [6.45, 7) is 3.10. The number of benzene rings is 2. The lowest BCUT2D eigenvalue weighted by atomic mass is 10.1. The smallest absolute Gasteiger partial charge is 0.282 e. The van der Waals surface area contributed by atoms with Crippen LogP contribution in [0.15, 0.2) is 36.4 Å². The second-order valence-electron chi connectivity index (χ2n) is 6.29. The Bertz CT molecular complexity index is 795. The van der Waals surface area contributed by atoms with E-state index in [0.29, 0.717) is 47.5 Å². The minimum absolute atomic E-state index is 0.174. The Morgan fingerprint density at radius 1 is 1.27 bits per heavy atom. The number of amides is 1. The number of likely N-dealkylation sites (N-methyl/N-ethyl adjacent to an activating group) is 1. The van der Waals surface area contributed by atoms with E-state index in [4.69, 9.17) is 21.1 Å². The van der Waals surface area contributed by atoms with E-state index in [1.165, 1.54) is 6.07 Å². The molecule has 2 aromatic carbocycles. The van der Waals surface area contributed by atoms with Gasteiger partial charge in [0, 0.05) is 11.8 Å². The van der Waals surface area contributed by atoms with Crippen molar-refractivity contribution in [2.24, 2.45) is 0 Å². The van der Waals surface area contributed by atoms with E-state index in [1.54, 1.807) is 37.3 Å². The standard InChI is InChI=1S/C19H20ClFN2O3/c1-12(23(2)11-14-15(20)4-3-5-16(14)21)19(24)22-13-6-7-17-18(10-13)26-9-8-25-17/h3-7,10,12H,8-9,11H2,1-2H3,(H,22,24)/p+1/t12-/m1/s1. The number of rotatable bonds is 5. The molecule has 0 spiro atoms. The number of carbonyl (C=O) groups excluding carboxylic acids is 1. The number of anilines is 1. The van der Waals surface area contributed by atoms with Crippen molar-refractivity contribution in [1.82, 2.24) is 0 Å². The summed E-state index contributed by atoms with van der Waals surface area (Å²) >= 11 is 6.08. The fourth-order valence-electron chi connectivity index (χ4n) is 2.73. The van der Waals surface area contributed by atoms with E-state index >= 15 is 0 Å². The summed E-state index contributed by atoms with van der Waals surface area (Å²) in [5.74, 6) is 0.739. The van der Waals surface area contributed by atoms with Crippen molar-refractivity contribution >= 4 is 23.2 Å². The normalized spacial score (nSPS) is 15.2. The Kier molecular flexibility index (Phi) is 5.64. The minimum Gasteiger partial charge on any atom is -0.486 e. The lowest BCUT2D eigenvalue weighted by molar-refractivity contribution is -0.908. The Labute approximate surface area is 156 Å². The number of hydrogen-bond donors (Lipinski definition) is 2. The molecule has 138 valence electrons. The molecule has 5 nitrogen and oxygen atoms in total. The van der Waals surface area contributed by atoms with Crippen LogP contribution in [0.25, 0.3) is 0 Å². The highest BCUT2D eigenvalue weighted by atomic mass is 35.5. The third-order valence-corrected chi connectivity index (χ3v) is 4.81. The first-order valence-corrected chi connectivity index (χ1v) is 8.79. The lowest BCUT2D eigenvalue weighted by Crippen LogP contribution is -3.12. The molecule has 7 heteroatoms. The molecule has 0 aliphatic carbocycles. The number of hydrogen-bond acceptors (Lipinski definition) is 3. The van der Waals surface area contributed by atoms with Gasteiger partial charge in [-0.25, -0.2) is 4.39 Å². The topological polar surface area (TPSA) is 52.0 Å². The molecule has 0 bridgehead atoms. The lowest BCUT2D eigenvalue weighted by Gasteiger charge is -2.22. The van der Waals surface area contributed by atoms with Crippen LogP contribution in [0.1, 0.15) is 12.5 Å². The van der Waals surface area contributed by atoms with Crippen LogP contribution < -0.4 is 19.7 Å². The summed E-state index contributed by atoms with van der Waals surface area (Å²) in [7, 11) is 1.83. The third-order valence-electron chi connectivity index (χ3n) is 4.46. The van der Waals surface area contributed by atoms with Gasteiger partial charge in [-0.3, -0.25) is 4.79 Å². The van der Waals surface area contributed by atoms with E-state index in [9.17, 15) is 9.18 Å². The van der Waals surface area contributed by atoms with Crippen LogP contribution >= 0.6 is 11.6 Å². The zero-order valence-corrected chi connectivity index (χ0v) is 15.4. The first kappa shape index (κ1) is 18.5. The molecule has 0 saturated carbocycles. The fraction of sp³-hybridized carbons (Fsp3) is 0.316. The molecule has 2 atom stereocenters. The van der Waals surface area contributed by atoms with Crippen LogP contribution in [0.4, 0.5) is 10.1 Å². The molecule has 1 heterocycles. The molecule has 3 rings (SSSR count). The maximum atomic E-state index is 14.0. The molecule has 1 unspecified atom stereocenters. The van der Waals surface area contributed by atoms with Crippen molar-refractivity contribution in [3.63, 3.8) is 0 Å². The molecule has 26 heavy (non-hydrogen) atoms. The molecular weight excluding hydrogens is 359 g/mol. The van der Waals surface area contributed by atoms with E-state index in [-0.39, 0.29) is 11.7 Å². The van der Waals surface area contributed by atoms with Crippen LogP contribution in [0, 0.1) is 5.82 Å². The number of nitrogens with one attached hydrogen (secondary N) is 2. The first-order valence-electron chi connectivity index (χ1n) is 8.41. The molecule has 1 aliphatic heterocycles. The van der Waals surface area contributed by atoms with E-state index in [1.807, 2.05) is 7.05 Å².